The number of carbonyl (C=O) groups excluding carboxylic acids is 1. The average Bonchev–Trinajstić information content (AvgIpc) is 3.32. The van der Waals surface area contributed by atoms with Gasteiger partial charge in [0.25, 0.3) is 5.92 Å². The minimum absolute atomic E-state index is 0.0159. The van der Waals surface area contributed by atoms with Crippen LogP contribution in [0.5, 0.6) is 0 Å². The second kappa shape index (κ2) is 5.65. The molecule has 1 spiro atoms. The number of alkyl halides is 2. The van der Waals surface area contributed by atoms with E-state index in [0.717, 1.165) is 19.3 Å². The SMILES string of the molecule is N#C[C@H](C[C@@H]1CC2(CC2)NC1O)NC(=O)[C@@H](N)CC1CC1(F)F. The highest BCUT2D eigenvalue weighted by atomic mass is 19.3. The van der Waals surface area contributed by atoms with Crippen molar-refractivity contribution in [2.75, 3.05) is 0 Å². The first-order valence-corrected chi connectivity index (χ1v) is 8.04. The highest BCUT2D eigenvalue weighted by Gasteiger charge is 2.57. The zero-order chi connectivity index (χ0) is 16.8. The van der Waals surface area contributed by atoms with Gasteiger partial charge >= 0.3 is 0 Å². The molecule has 0 aromatic heterocycles. The molecule has 0 aromatic carbocycles. The van der Waals surface area contributed by atoms with Gasteiger partial charge in [0.05, 0.1) is 12.1 Å². The molecule has 1 heterocycles. The van der Waals surface area contributed by atoms with Gasteiger partial charge < -0.3 is 16.2 Å². The highest BCUT2D eigenvalue weighted by Crippen LogP contribution is 2.51. The van der Waals surface area contributed by atoms with Gasteiger partial charge in [-0.15, -0.1) is 0 Å². The van der Waals surface area contributed by atoms with Crippen LogP contribution in [0.2, 0.25) is 0 Å². The van der Waals surface area contributed by atoms with Crippen LogP contribution >= 0.6 is 0 Å². The molecule has 2 aliphatic carbocycles. The summed E-state index contributed by atoms with van der Waals surface area (Å²) in [5, 5.41) is 24.8. The molecular weight excluding hydrogens is 306 g/mol. The van der Waals surface area contributed by atoms with E-state index in [-0.39, 0.29) is 24.3 Å². The third-order valence-electron chi connectivity index (χ3n) is 5.25. The van der Waals surface area contributed by atoms with Gasteiger partial charge in [-0.25, -0.2) is 8.78 Å². The number of aliphatic hydroxyl groups excluding tert-OH is 1. The Morgan fingerprint density at radius 1 is 1.43 bits per heavy atom. The van der Waals surface area contributed by atoms with Gasteiger partial charge in [-0.1, -0.05) is 0 Å². The molecule has 2 saturated carbocycles. The number of hydrogen-bond donors (Lipinski definition) is 4. The van der Waals surface area contributed by atoms with Crippen LogP contribution in [0.4, 0.5) is 8.78 Å². The van der Waals surface area contributed by atoms with Crippen molar-refractivity contribution in [1.29, 1.82) is 5.26 Å². The largest absolute Gasteiger partial charge is 0.378 e. The molecule has 1 amide bonds. The summed E-state index contributed by atoms with van der Waals surface area (Å²) >= 11 is 0. The van der Waals surface area contributed by atoms with Crippen molar-refractivity contribution in [2.24, 2.45) is 17.6 Å². The predicted molar refractivity (Wildman–Crippen MR) is 77.0 cm³/mol. The topological polar surface area (TPSA) is 111 Å². The Kier molecular flexibility index (Phi) is 4.07. The second-order valence-electron chi connectivity index (χ2n) is 7.26. The number of aliphatic hydroxyl groups is 1. The van der Waals surface area contributed by atoms with Crippen molar-refractivity contribution in [3.8, 4) is 6.07 Å². The van der Waals surface area contributed by atoms with E-state index in [1.807, 2.05) is 6.07 Å². The lowest BCUT2D eigenvalue weighted by Gasteiger charge is -2.20. The Morgan fingerprint density at radius 3 is 2.57 bits per heavy atom. The number of hydrogen-bond acceptors (Lipinski definition) is 5. The first kappa shape index (κ1) is 16.6. The maximum absolute atomic E-state index is 12.9. The van der Waals surface area contributed by atoms with Crippen molar-refractivity contribution < 1.29 is 18.7 Å². The Morgan fingerprint density at radius 2 is 2.09 bits per heavy atom. The van der Waals surface area contributed by atoms with Gasteiger partial charge in [0.2, 0.25) is 5.91 Å². The summed E-state index contributed by atoms with van der Waals surface area (Å²) in [5.41, 5.74) is 5.67. The molecule has 2 unspecified atom stereocenters. The van der Waals surface area contributed by atoms with Gasteiger partial charge in [-0.2, -0.15) is 5.26 Å². The molecule has 3 rings (SSSR count). The van der Waals surface area contributed by atoms with Crippen LogP contribution in [-0.2, 0) is 4.79 Å². The molecule has 128 valence electrons. The molecule has 1 aliphatic heterocycles. The van der Waals surface area contributed by atoms with Crippen LogP contribution in [0, 0.1) is 23.2 Å². The number of nitrogens with zero attached hydrogens (tertiary/aromatic N) is 1. The smallest absolute Gasteiger partial charge is 0.251 e. The maximum atomic E-state index is 12.9. The first-order valence-electron chi connectivity index (χ1n) is 8.04. The minimum Gasteiger partial charge on any atom is -0.378 e. The Balaban J connectivity index is 1.47. The first-order chi connectivity index (χ1) is 10.7. The monoisotopic (exact) mass is 328 g/mol. The van der Waals surface area contributed by atoms with Gasteiger partial charge in [0.1, 0.15) is 12.3 Å². The van der Waals surface area contributed by atoms with E-state index in [4.69, 9.17) is 5.73 Å². The Hall–Kier alpha value is -1.30. The van der Waals surface area contributed by atoms with Crippen LogP contribution in [0.25, 0.3) is 0 Å². The quantitative estimate of drug-likeness (QED) is 0.557. The summed E-state index contributed by atoms with van der Waals surface area (Å²) in [6.07, 6.45) is 2.16. The van der Waals surface area contributed by atoms with Crippen LogP contribution in [0.1, 0.15) is 38.5 Å². The lowest BCUT2D eigenvalue weighted by Crippen LogP contribution is -2.46. The van der Waals surface area contributed by atoms with Gasteiger partial charge in [-0.3, -0.25) is 10.1 Å². The number of nitrogens with one attached hydrogen (secondary N) is 2. The Bertz CT molecular complexity index is 532. The van der Waals surface area contributed by atoms with E-state index in [2.05, 4.69) is 10.6 Å². The van der Waals surface area contributed by atoms with E-state index in [9.17, 15) is 23.9 Å². The molecule has 3 aliphatic rings. The van der Waals surface area contributed by atoms with Crippen molar-refractivity contribution >= 4 is 5.91 Å². The number of nitrogens with two attached hydrogens (primary N) is 1. The number of carbonyl (C=O) groups is 1. The fraction of sp³-hybridized carbons (Fsp3) is 0.867. The number of rotatable bonds is 6. The molecule has 0 bridgehead atoms. The zero-order valence-corrected chi connectivity index (χ0v) is 12.8. The van der Waals surface area contributed by atoms with Gasteiger partial charge in [0.15, 0.2) is 0 Å². The van der Waals surface area contributed by atoms with E-state index >= 15 is 0 Å². The van der Waals surface area contributed by atoms with Crippen LogP contribution in [-0.4, -0.2) is 40.8 Å². The minimum atomic E-state index is -2.70. The van der Waals surface area contributed by atoms with Crippen molar-refractivity contribution in [3.05, 3.63) is 0 Å². The van der Waals surface area contributed by atoms with E-state index in [1.165, 1.54) is 0 Å². The summed E-state index contributed by atoms with van der Waals surface area (Å²) in [4.78, 5) is 12.0. The third-order valence-corrected chi connectivity index (χ3v) is 5.25. The predicted octanol–water partition coefficient (Wildman–Crippen LogP) is 0.218. The molecule has 1 saturated heterocycles. The Labute approximate surface area is 133 Å². The molecule has 6 nitrogen and oxygen atoms in total. The fourth-order valence-corrected chi connectivity index (χ4v) is 3.48. The number of halogens is 2. The fourth-order valence-electron chi connectivity index (χ4n) is 3.48. The molecule has 5 atom stereocenters. The van der Waals surface area contributed by atoms with E-state index in [0.29, 0.717) is 6.42 Å². The number of nitriles is 1. The molecule has 0 aromatic rings. The summed E-state index contributed by atoms with van der Waals surface area (Å²) in [7, 11) is 0. The molecular formula is C15H22F2N4O2. The molecule has 5 N–H and O–H groups in total. The van der Waals surface area contributed by atoms with Gasteiger partial charge in [-0.05, 0) is 32.1 Å². The van der Waals surface area contributed by atoms with Crippen molar-refractivity contribution in [3.63, 3.8) is 0 Å². The van der Waals surface area contributed by atoms with Crippen molar-refractivity contribution in [2.45, 2.75) is 68.3 Å². The summed E-state index contributed by atoms with van der Waals surface area (Å²) < 4.78 is 25.7. The summed E-state index contributed by atoms with van der Waals surface area (Å²) in [6.45, 7) is 0. The molecule has 3 fully saturated rings. The molecule has 0 radical (unpaired) electrons. The summed E-state index contributed by atoms with van der Waals surface area (Å²) in [5.74, 6) is -4.23. The lowest BCUT2D eigenvalue weighted by atomic mass is 9.95. The second-order valence-corrected chi connectivity index (χ2v) is 7.26. The molecule has 23 heavy (non-hydrogen) atoms. The molecule has 8 heteroatoms. The normalized spacial score (nSPS) is 35.3. The standard InChI is InChI=1S/C15H22F2N4O2/c16-15(17)6-9(15)4-11(19)13(23)20-10(7-18)3-8-5-14(1-2-14)21-12(8)22/h8-12,21-22H,1-6,19H2,(H,20,23)/t8-,9?,10+,11+,12?/m1/s1. The van der Waals surface area contributed by atoms with Crippen LogP contribution in [0.15, 0.2) is 0 Å². The van der Waals surface area contributed by atoms with Crippen LogP contribution < -0.4 is 16.4 Å². The van der Waals surface area contributed by atoms with E-state index in [1.54, 1.807) is 0 Å². The van der Waals surface area contributed by atoms with Gasteiger partial charge in [0, 0.05) is 23.8 Å². The highest BCUT2D eigenvalue weighted by molar-refractivity contribution is 5.82. The van der Waals surface area contributed by atoms with E-state index < -0.39 is 36.1 Å². The third kappa shape index (κ3) is 3.62. The summed E-state index contributed by atoms with van der Waals surface area (Å²) in [6, 6.07) is 0.183. The van der Waals surface area contributed by atoms with Crippen LogP contribution in [0.3, 0.4) is 0 Å². The average molecular weight is 328 g/mol. The maximum Gasteiger partial charge on any atom is 0.251 e. The van der Waals surface area contributed by atoms with Crippen molar-refractivity contribution in [1.82, 2.24) is 10.6 Å². The lowest BCUT2D eigenvalue weighted by molar-refractivity contribution is -0.123. The number of amides is 1. The zero-order valence-electron chi connectivity index (χ0n) is 12.8.